The summed E-state index contributed by atoms with van der Waals surface area (Å²) in [4.78, 5) is 2.18. The monoisotopic (exact) mass is 219 g/mol. The van der Waals surface area contributed by atoms with Crippen LogP contribution in [0.2, 0.25) is 0 Å². The fourth-order valence-corrected chi connectivity index (χ4v) is 1.31. The molecule has 0 saturated heterocycles. The molecule has 1 unspecified atom stereocenters. The number of likely N-dealkylation sites (N-methyl/N-ethyl adjacent to an activating group) is 1. The van der Waals surface area contributed by atoms with Gasteiger partial charge in [-0.15, -0.1) is 0 Å². The molecule has 0 amide bonds. The van der Waals surface area contributed by atoms with Crippen molar-refractivity contribution in [1.82, 2.24) is 4.90 Å². The number of ether oxygens (including phenoxy) is 3. The van der Waals surface area contributed by atoms with E-state index in [-0.39, 0.29) is 6.29 Å². The second-order valence-electron chi connectivity index (χ2n) is 3.58. The highest BCUT2D eigenvalue weighted by Gasteiger charge is 2.15. The average Bonchev–Trinajstić information content (AvgIpc) is 2.18. The third-order valence-electron chi connectivity index (χ3n) is 2.30. The summed E-state index contributed by atoms with van der Waals surface area (Å²) in [5.74, 6) is 0. The summed E-state index contributed by atoms with van der Waals surface area (Å²) >= 11 is 0. The van der Waals surface area contributed by atoms with E-state index >= 15 is 0 Å². The Labute approximate surface area is 93.5 Å². The standard InChI is InChI=1S/C11H25NO3/c1-6-14-11(15-7-2)8-12(4)10(3)9-13-5/h10-11H,6-9H2,1-5H3. The molecule has 0 fully saturated rings. The minimum Gasteiger partial charge on any atom is -0.383 e. The van der Waals surface area contributed by atoms with Crippen LogP contribution in [0, 0.1) is 0 Å². The van der Waals surface area contributed by atoms with Crippen molar-refractivity contribution >= 4 is 0 Å². The van der Waals surface area contributed by atoms with Crippen molar-refractivity contribution in [2.24, 2.45) is 0 Å². The van der Waals surface area contributed by atoms with Crippen LogP contribution in [0.4, 0.5) is 0 Å². The second kappa shape index (κ2) is 9.09. The van der Waals surface area contributed by atoms with Crippen molar-refractivity contribution < 1.29 is 14.2 Å². The molecule has 1 atom stereocenters. The first-order valence-corrected chi connectivity index (χ1v) is 5.58. The normalized spacial score (nSPS) is 13.8. The summed E-state index contributed by atoms with van der Waals surface area (Å²) in [5, 5.41) is 0. The zero-order valence-corrected chi connectivity index (χ0v) is 10.7. The Morgan fingerprint density at radius 1 is 1.13 bits per heavy atom. The van der Waals surface area contributed by atoms with Crippen LogP contribution in [0.25, 0.3) is 0 Å². The van der Waals surface area contributed by atoms with E-state index in [0.29, 0.717) is 19.3 Å². The highest BCUT2D eigenvalue weighted by molar-refractivity contribution is 4.63. The maximum Gasteiger partial charge on any atom is 0.170 e. The average molecular weight is 219 g/mol. The third-order valence-corrected chi connectivity index (χ3v) is 2.30. The van der Waals surface area contributed by atoms with Crippen molar-refractivity contribution in [2.75, 3.05) is 40.5 Å². The van der Waals surface area contributed by atoms with Crippen LogP contribution < -0.4 is 0 Å². The molecule has 0 aliphatic carbocycles. The Morgan fingerprint density at radius 2 is 1.67 bits per heavy atom. The van der Waals surface area contributed by atoms with Crippen LogP contribution in [0.1, 0.15) is 20.8 Å². The molecule has 0 N–H and O–H groups in total. The molecule has 0 saturated carbocycles. The lowest BCUT2D eigenvalue weighted by Crippen LogP contribution is -2.40. The van der Waals surface area contributed by atoms with E-state index in [1.165, 1.54) is 0 Å². The van der Waals surface area contributed by atoms with Crippen molar-refractivity contribution in [3.8, 4) is 0 Å². The van der Waals surface area contributed by atoms with E-state index < -0.39 is 0 Å². The summed E-state index contributed by atoms with van der Waals surface area (Å²) in [6.07, 6.45) is -0.135. The number of hydrogen-bond acceptors (Lipinski definition) is 4. The largest absolute Gasteiger partial charge is 0.383 e. The van der Waals surface area contributed by atoms with Crippen LogP contribution in [0.5, 0.6) is 0 Å². The Balaban J connectivity index is 3.91. The smallest absolute Gasteiger partial charge is 0.170 e. The van der Waals surface area contributed by atoms with Crippen LogP contribution >= 0.6 is 0 Å². The van der Waals surface area contributed by atoms with E-state index in [9.17, 15) is 0 Å². The van der Waals surface area contributed by atoms with E-state index in [0.717, 1.165) is 13.2 Å². The first-order valence-electron chi connectivity index (χ1n) is 5.58. The molecule has 0 heterocycles. The fourth-order valence-electron chi connectivity index (χ4n) is 1.31. The molecular formula is C11H25NO3. The first-order chi connectivity index (χ1) is 7.15. The minimum atomic E-state index is -0.135. The molecule has 92 valence electrons. The topological polar surface area (TPSA) is 30.9 Å². The van der Waals surface area contributed by atoms with E-state index in [4.69, 9.17) is 14.2 Å². The number of hydrogen-bond donors (Lipinski definition) is 0. The van der Waals surface area contributed by atoms with Gasteiger partial charge in [-0.05, 0) is 27.8 Å². The predicted octanol–water partition coefficient (Wildman–Crippen LogP) is 1.35. The Kier molecular flexibility index (Phi) is 9.00. The summed E-state index contributed by atoms with van der Waals surface area (Å²) in [6, 6.07) is 0.374. The van der Waals surface area contributed by atoms with Gasteiger partial charge in [0.15, 0.2) is 6.29 Å². The van der Waals surface area contributed by atoms with Crippen LogP contribution in [-0.2, 0) is 14.2 Å². The molecule has 0 aromatic carbocycles. The molecule has 0 spiro atoms. The number of methoxy groups -OCH3 is 1. The van der Waals surface area contributed by atoms with Crippen molar-refractivity contribution in [3.05, 3.63) is 0 Å². The van der Waals surface area contributed by atoms with Gasteiger partial charge in [-0.1, -0.05) is 0 Å². The lowest BCUT2D eigenvalue weighted by Gasteiger charge is -2.28. The second-order valence-corrected chi connectivity index (χ2v) is 3.58. The Morgan fingerprint density at radius 3 is 2.07 bits per heavy atom. The molecule has 15 heavy (non-hydrogen) atoms. The van der Waals surface area contributed by atoms with Gasteiger partial charge in [-0.3, -0.25) is 4.90 Å². The third kappa shape index (κ3) is 6.84. The summed E-state index contributed by atoms with van der Waals surface area (Å²) < 4.78 is 16.1. The van der Waals surface area contributed by atoms with E-state index in [1.54, 1.807) is 7.11 Å². The fraction of sp³-hybridized carbons (Fsp3) is 1.00. The van der Waals surface area contributed by atoms with Crippen molar-refractivity contribution in [2.45, 2.75) is 33.1 Å². The minimum absolute atomic E-state index is 0.135. The molecule has 0 rings (SSSR count). The maximum atomic E-state index is 5.48. The number of rotatable bonds is 9. The summed E-state index contributed by atoms with van der Waals surface area (Å²) in [7, 11) is 3.77. The van der Waals surface area contributed by atoms with E-state index in [2.05, 4.69) is 18.9 Å². The molecule has 4 heteroatoms. The number of nitrogens with zero attached hydrogens (tertiary/aromatic N) is 1. The van der Waals surface area contributed by atoms with Gasteiger partial charge >= 0.3 is 0 Å². The van der Waals surface area contributed by atoms with Gasteiger partial charge in [0.1, 0.15) is 0 Å². The summed E-state index contributed by atoms with van der Waals surface area (Å²) in [5.41, 5.74) is 0. The Hall–Kier alpha value is -0.160. The quantitative estimate of drug-likeness (QED) is 0.548. The van der Waals surface area contributed by atoms with Gasteiger partial charge in [0.2, 0.25) is 0 Å². The molecule has 0 aliphatic rings. The van der Waals surface area contributed by atoms with Gasteiger partial charge in [-0.25, -0.2) is 0 Å². The van der Waals surface area contributed by atoms with Gasteiger partial charge < -0.3 is 14.2 Å². The van der Waals surface area contributed by atoms with Gasteiger partial charge in [0.05, 0.1) is 6.61 Å². The zero-order valence-electron chi connectivity index (χ0n) is 10.7. The lowest BCUT2D eigenvalue weighted by atomic mass is 10.3. The van der Waals surface area contributed by atoms with Crippen molar-refractivity contribution in [1.29, 1.82) is 0 Å². The van der Waals surface area contributed by atoms with Gasteiger partial charge in [0.25, 0.3) is 0 Å². The molecule has 0 aliphatic heterocycles. The highest BCUT2D eigenvalue weighted by Crippen LogP contribution is 2.02. The maximum absolute atomic E-state index is 5.48. The van der Waals surface area contributed by atoms with E-state index in [1.807, 2.05) is 13.8 Å². The predicted molar refractivity (Wildman–Crippen MR) is 61.0 cm³/mol. The van der Waals surface area contributed by atoms with Crippen LogP contribution in [-0.4, -0.2) is 57.8 Å². The molecule has 0 aromatic heterocycles. The van der Waals surface area contributed by atoms with Crippen molar-refractivity contribution in [3.63, 3.8) is 0 Å². The first kappa shape index (κ1) is 14.8. The van der Waals surface area contributed by atoms with Gasteiger partial charge in [0, 0.05) is 32.9 Å². The highest BCUT2D eigenvalue weighted by atomic mass is 16.7. The lowest BCUT2D eigenvalue weighted by molar-refractivity contribution is -0.148. The molecule has 0 aromatic rings. The molecule has 0 radical (unpaired) electrons. The zero-order chi connectivity index (χ0) is 11.7. The van der Waals surface area contributed by atoms with Crippen LogP contribution in [0.3, 0.4) is 0 Å². The summed E-state index contributed by atoms with van der Waals surface area (Å²) in [6.45, 7) is 8.93. The SMILES string of the molecule is CCOC(CN(C)C(C)COC)OCC. The molecule has 4 nitrogen and oxygen atoms in total. The molecule has 0 bridgehead atoms. The molecular weight excluding hydrogens is 194 g/mol. The van der Waals surface area contributed by atoms with Gasteiger partial charge in [-0.2, -0.15) is 0 Å². The Bertz CT molecular complexity index is 138. The van der Waals surface area contributed by atoms with Crippen LogP contribution in [0.15, 0.2) is 0 Å².